The lowest BCUT2D eigenvalue weighted by atomic mass is 9.86. The highest BCUT2D eigenvalue weighted by atomic mass is 16.5. The van der Waals surface area contributed by atoms with Gasteiger partial charge in [-0.25, -0.2) is 4.79 Å². The molecule has 162 valence electrons. The van der Waals surface area contributed by atoms with E-state index in [0.717, 1.165) is 32.1 Å². The van der Waals surface area contributed by atoms with Crippen LogP contribution in [0.1, 0.15) is 59.3 Å². The van der Waals surface area contributed by atoms with Gasteiger partial charge in [0, 0.05) is 17.8 Å². The summed E-state index contributed by atoms with van der Waals surface area (Å²) in [6.07, 6.45) is 6.28. The first-order valence-electron chi connectivity index (χ1n) is 10.8. The molecule has 0 aliphatic heterocycles. The third kappa shape index (κ3) is 7.83. The molecule has 7 nitrogen and oxygen atoms in total. The van der Waals surface area contributed by atoms with Crippen molar-refractivity contribution in [3.8, 4) is 11.5 Å². The van der Waals surface area contributed by atoms with Crippen molar-refractivity contribution in [2.75, 3.05) is 25.1 Å². The lowest BCUT2D eigenvalue weighted by Crippen LogP contribution is -2.46. The van der Waals surface area contributed by atoms with Gasteiger partial charge < -0.3 is 25.4 Å². The van der Waals surface area contributed by atoms with Crippen LogP contribution in [0.2, 0.25) is 0 Å². The van der Waals surface area contributed by atoms with Gasteiger partial charge in [0.2, 0.25) is 5.91 Å². The molecule has 1 saturated carbocycles. The van der Waals surface area contributed by atoms with Crippen LogP contribution in [0.5, 0.6) is 11.5 Å². The fourth-order valence-electron chi connectivity index (χ4n) is 3.37. The molecule has 3 amide bonds. The number of benzene rings is 1. The minimum absolute atomic E-state index is 0.0497. The predicted molar refractivity (Wildman–Crippen MR) is 115 cm³/mol. The largest absolute Gasteiger partial charge is 0.490 e. The van der Waals surface area contributed by atoms with Crippen molar-refractivity contribution in [3.05, 3.63) is 18.2 Å². The third-order valence-corrected chi connectivity index (χ3v) is 4.99. The molecule has 0 bridgehead atoms. The number of hydrogen-bond donors (Lipinski definition) is 3. The number of nitrogens with one attached hydrogen (secondary N) is 3. The Hall–Kier alpha value is -2.44. The first-order valence-corrected chi connectivity index (χ1v) is 10.8. The summed E-state index contributed by atoms with van der Waals surface area (Å²) < 4.78 is 11.4. The normalized spacial score (nSPS) is 18.6. The zero-order chi connectivity index (χ0) is 21.1. The highest BCUT2D eigenvalue weighted by Crippen LogP contribution is 2.31. The van der Waals surface area contributed by atoms with Gasteiger partial charge >= 0.3 is 6.03 Å². The van der Waals surface area contributed by atoms with Crippen LogP contribution in [0, 0.1) is 5.92 Å². The second-order valence-corrected chi connectivity index (χ2v) is 7.60. The Kier molecular flexibility index (Phi) is 9.60. The van der Waals surface area contributed by atoms with Crippen molar-refractivity contribution in [2.45, 2.75) is 65.3 Å². The topological polar surface area (TPSA) is 88.7 Å². The summed E-state index contributed by atoms with van der Waals surface area (Å²) in [4.78, 5) is 24.3. The summed E-state index contributed by atoms with van der Waals surface area (Å²) in [6, 6.07) is 5.06. The molecule has 1 aromatic carbocycles. The zero-order valence-corrected chi connectivity index (χ0v) is 17.9. The Balaban J connectivity index is 1.84. The summed E-state index contributed by atoms with van der Waals surface area (Å²) in [5, 5.41) is 8.39. The maximum atomic E-state index is 12.2. The van der Waals surface area contributed by atoms with E-state index in [1.807, 2.05) is 13.8 Å². The van der Waals surface area contributed by atoms with E-state index in [9.17, 15) is 9.59 Å². The van der Waals surface area contributed by atoms with Crippen molar-refractivity contribution < 1.29 is 19.1 Å². The molecule has 0 saturated heterocycles. The van der Waals surface area contributed by atoms with E-state index in [0.29, 0.717) is 36.3 Å². The van der Waals surface area contributed by atoms with Gasteiger partial charge in [-0.1, -0.05) is 33.6 Å². The molecule has 0 unspecified atom stereocenters. The standard InChI is InChI=1S/C22H35N3O4/c1-4-12-28-19-11-10-17(14-20(19)29-13-5-2)24-22(27)23-15-21(26)25-18-9-7-6-8-16(18)3/h10-11,14,16,18H,4-9,12-13,15H2,1-3H3,(H,25,26)(H2,23,24,27)/t16-,18+/m0/s1. The highest BCUT2D eigenvalue weighted by Gasteiger charge is 2.22. The van der Waals surface area contributed by atoms with Crippen LogP contribution in [-0.4, -0.2) is 37.7 Å². The average molecular weight is 406 g/mol. The van der Waals surface area contributed by atoms with Gasteiger partial charge in [0.05, 0.1) is 19.8 Å². The lowest BCUT2D eigenvalue weighted by Gasteiger charge is -2.29. The first-order chi connectivity index (χ1) is 14.0. The van der Waals surface area contributed by atoms with E-state index in [2.05, 4.69) is 22.9 Å². The van der Waals surface area contributed by atoms with Crippen LogP contribution in [0.3, 0.4) is 0 Å². The number of hydrogen-bond acceptors (Lipinski definition) is 4. The highest BCUT2D eigenvalue weighted by molar-refractivity contribution is 5.92. The Morgan fingerprint density at radius 1 is 1.03 bits per heavy atom. The van der Waals surface area contributed by atoms with Gasteiger partial charge in [-0.3, -0.25) is 4.79 Å². The van der Waals surface area contributed by atoms with E-state index in [-0.39, 0.29) is 18.5 Å². The Bertz CT molecular complexity index is 665. The minimum atomic E-state index is -0.430. The van der Waals surface area contributed by atoms with Crippen LogP contribution in [0.15, 0.2) is 18.2 Å². The van der Waals surface area contributed by atoms with E-state index in [4.69, 9.17) is 9.47 Å². The van der Waals surface area contributed by atoms with Crippen LogP contribution >= 0.6 is 0 Å². The zero-order valence-electron chi connectivity index (χ0n) is 17.9. The third-order valence-electron chi connectivity index (χ3n) is 4.99. The lowest BCUT2D eigenvalue weighted by molar-refractivity contribution is -0.121. The first kappa shape index (κ1) is 22.8. The second kappa shape index (κ2) is 12.2. The summed E-state index contributed by atoms with van der Waals surface area (Å²) in [6.45, 7) is 7.35. The van der Waals surface area contributed by atoms with Crippen molar-refractivity contribution in [1.82, 2.24) is 10.6 Å². The van der Waals surface area contributed by atoms with Crippen LogP contribution in [-0.2, 0) is 4.79 Å². The molecule has 1 aromatic rings. The van der Waals surface area contributed by atoms with Crippen LogP contribution in [0.25, 0.3) is 0 Å². The van der Waals surface area contributed by atoms with Crippen LogP contribution < -0.4 is 25.4 Å². The second-order valence-electron chi connectivity index (χ2n) is 7.60. The molecule has 3 N–H and O–H groups in total. The summed E-state index contributed by atoms with van der Waals surface area (Å²) >= 11 is 0. The molecule has 2 atom stereocenters. The number of urea groups is 1. The van der Waals surface area contributed by atoms with Crippen molar-refractivity contribution >= 4 is 17.6 Å². The van der Waals surface area contributed by atoms with Crippen molar-refractivity contribution in [1.29, 1.82) is 0 Å². The molecule has 0 radical (unpaired) electrons. The molecule has 1 fully saturated rings. The molecule has 1 aliphatic carbocycles. The van der Waals surface area contributed by atoms with Gasteiger partial charge in [0.15, 0.2) is 11.5 Å². The smallest absolute Gasteiger partial charge is 0.319 e. The molecular weight excluding hydrogens is 370 g/mol. The molecule has 0 heterocycles. The van der Waals surface area contributed by atoms with E-state index >= 15 is 0 Å². The molecule has 2 rings (SSSR count). The monoisotopic (exact) mass is 405 g/mol. The number of carbonyl (C=O) groups is 2. The summed E-state index contributed by atoms with van der Waals surface area (Å²) in [5.74, 6) is 1.58. The van der Waals surface area contributed by atoms with Gasteiger partial charge in [-0.2, -0.15) is 0 Å². The quantitative estimate of drug-likeness (QED) is 0.547. The maximum Gasteiger partial charge on any atom is 0.319 e. The SMILES string of the molecule is CCCOc1ccc(NC(=O)NCC(=O)N[C@@H]2CCCC[C@@H]2C)cc1OCCC. The van der Waals surface area contributed by atoms with Gasteiger partial charge in [-0.05, 0) is 43.7 Å². The van der Waals surface area contributed by atoms with Gasteiger partial charge in [0.25, 0.3) is 0 Å². The molecule has 29 heavy (non-hydrogen) atoms. The van der Waals surface area contributed by atoms with Crippen LogP contribution in [0.4, 0.5) is 10.5 Å². The Morgan fingerprint density at radius 2 is 1.72 bits per heavy atom. The molecular formula is C22H35N3O4. The number of anilines is 1. The summed E-state index contributed by atoms with van der Waals surface area (Å²) in [5.41, 5.74) is 0.582. The predicted octanol–water partition coefficient (Wildman–Crippen LogP) is 4.08. The van der Waals surface area contributed by atoms with Gasteiger partial charge in [0.1, 0.15) is 0 Å². The van der Waals surface area contributed by atoms with E-state index < -0.39 is 6.03 Å². The number of amides is 3. The van der Waals surface area contributed by atoms with Crippen molar-refractivity contribution in [2.24, 2.45) is 5.92 Å². The van der Waals surface area contributed by atoms with Crippen molar-refractivity contribution in [3.63, 3.8) is 0 Å². The number of ether oxygens (including phenoxy) is 2. The number of carbonyl (C=O) groups excluding carboxylic acids is 2. The maximum absolute atomic E-state index is 12.2. The fourth-order valence-corrected chi connectivity index (χ4v) is 3.37. The average Bonchev–Trinajstić information content (AvgIpc) is 2.71. The molecule has 7 heteroatoms. The van der Waals surface area contributed by atoms with Gasteiger partial charge in [-0.15, -0.1) is 0 Å². The Morgan fingerprint density at radius 3 is 2.41 bits per heavy atom. The molecule has 0 aromatic heterocycles. The van der Waals surface area contributed by atoms with E-state index in [1.165, 1.54) is 6.42 Å². The minimum Gasteiger partial charge on any atom is -0.490 e. The molecule has 1 aliphatic rings. The summed E-state index contributed by atoms with van der Waals surface area (Å²) in [7, 11) is 0. The fraction of sp³-hybridized carbons (Fsp3) is 0.636. The van der Waals surface area contributed by atoms with E-state index in [1.54, 1.807) is 18.2 Å². The number of rotatable bonds is 10. The molecule has 0 spiro atoms. The Labute approximate surface area is 173 Å².